The highest BCUT2D eigenvalue weighted by atomic mass is 32.1. The summed E-state index contributed by atoms with van der Waals surface area (Å²) in [6.07, 6.45) is 0. The maximum absolute atomic E-state index is 11.7. The van der Waals surface area contributed by atoms with Gasteiger partial charge in [-0.15, -0.1) is 10.2 Å². The molecule has 1 heterocycles. The van der Waals surface area contributed by atoms with Gasteiger partial charge < -0.3 is 9.47 Å². The van der Waals surface area contributed by atoms with E-state index in [4.69, 9.17) is 9.47 Å². The summed E-state index contributed by atoms with van der Waals surface area (Å²) in [5.74, 6) is 0.640. The van der Waals surface area contributed by atoms with Crippen LogP contribution >= 0.6 is 11.3 Å². The molecular formula is C14H17N3O3S. The first-order valence-corrected chi connectivity index (χ1v) is 7.23. The number of amides is 1. The number of para-hydroxylation sites is 1. The average molecular weight is 307 g/mol. The van der Waals surface area contributed by atoms with Crippen molar-refractivity contribution in [2.24, 2.45) is 0 Å². The Labute approximate surface area is 127 Å². The molecule has 0 fully saturated rings. The van der Waals surface area contributed by atoms with Gasteiger partial charge in [0.1, 0.15) is 5.75 Å². The van der Waals surface area contributed by atoms with Crippen molar-refractivity contribution in [1.29, 1.82) is 0 Å². The van der Waals surface area contributed by atoms with Gasteiger partial charge in [-0.05, 0) is 12.1 Å². The SMILES string of the molecule is COCCN(C(C)=O)c1nnc(-c2ccccc2OC)s1. The Morgan fingerprint density at radius 3 is 2.71 bits per heavy atom. The van der Waals surface area contributed by atoms with Gasteiger partial charge in [0.2, 0.25) is 11.0 Å². The molecule has 0 aliphatic rings. The molecule has 1 amide bonds. The fourth-order valence-corrected chi connectivity index (χ4v) is 2.77. The molecule has 112 valence electrons. The molecule has 0 radical (unpaired) electrons. The molecule has 0 N–H and O–H groups in total. The number of hydrogen-bond donors (Lipinski definition) is 0. The van der Waals surface area contributed by atoms with Gasteiger partial charge >= 0.3 is 0 Å². The van der Waals surface area contributed by atoms with E-state index < -0.39 is 0 Å². The van der Waals surface area contributed by atoms with Crippen LogP contribution < -0.4 is 9.64 Å². The second-order valence-electron chi connectivity index (χ2n) is 4.25. The van der Waals surface area contributed by atoms with Crippen LogP contribution in [0.5, 0.6) is 5.75 Å². The van der Waals surface area contributed by atoms with Crippen LogP contribution in [0.25, 0.3) is 10.6 Å². The molecule has 0 aliphatic heterocycles. The van der Waals surface area contributed by atoms with Crippen molar-refractivity contribution in [2.75, 3.05) is 32.3 Å². The quantitative estimate of drug-likeness (QED) is 0.818. The molecule has 2 aromatic rings. The van der Waals surface area contributed by atoms with Crippen LogP contribution in [0.2, 0.25) is 0 Å². The summed E-state index contributed by atoms with van der Waals surface area (Å²) >= 11 is 1.35. The Hall–Kier alpha value is -1.99. The lowest BCUT2D eigenvalue weighted by Crippen LogP contribution is -2.31. The van der Waals surface area contributed by atoms with Gasteiger partial charge in [-0.25, -0.2) is 0 Å². The van der Waals surface area contributed by atoms with Crippen LogP contribution in [0.3, 0.4) is 0 Å². The second kappa shape index (κ2) is 7.14. The molecule has 0 unspecified atom stereocenters. The zero-order chi connectivity index (χ0) is 15.2. The van der Waals surface area contributed by atoms with E-state index in [0.29, 0.717) is 23.3 Å². The number of aromatic nitrogens is 2. The van der Waals surface area contributed by atoms with E-state index in [2.05, 4.69) is 10.2 Å². The molecule has 0 bridgehead atoms. The third kappa shape index (κ3) is 3.56. The van der Waals surface area contributed by atoms with Crippen LogP contribution in [0.15, 0.2) is 24.3 Å². The first kappa shape index (κ1) is 15.4. The number of carbonyl (C=O) groups is 1. The van der Waals surface area contributed by atoms with E-state index in [9.17, 15) is 4.79 Å². The van der Waals surface area contributed by atoms with Gasteiger partial charge in [0, 0.05) is 14.0 Å². The lowest BCUT2D eigenvalue weighted by atomic mass is 10.2. The summed E-state index contributed by atoms with van der Waals surface area (Å²) < 4.78 is 10.3. The van der Waals surface area contributed by atoms with Crippen LogP contribution in [0.4, 0.5) is 5.13 Å². The first-order valence-electron chi connectivity index (χ1n) is 6.41. The lowest BCUT2D eigenvalue weighted by molar-refractivity contribution is -0.116. The monoisotopic (exact) mass is 307 g/mol. The minimum atomic E-state index is -0.0882. The first-order chi connectivity index (χ1) is 10.2. The number of rotatable bonds is 6. The normalized spacial score (nSPS) is 10.4. The number of methoxy groups -OCH3 is 2. The smallest absolute Gasteiger partial charge is 0.225 e. The standard InChI is InChI=1S/C14H17N3O3S/c1-10(18)17(8-9-19-2)14-16-15-13(21-14)11-6-4-5-7-12(11)20-3/h4-7H,8-9H2,1-3H3. The molecular weight excluding hydrogens is 290 g/mol. The van der Waals surface area contributed by atoms with Crippen molar-refractivity contribution in [1.82, 2.24) is 10.2 Å². The minimum absolute atomic E-state index is 0.0882. The highest BCUT2D eigenvalue weighted by Crippen LogP contribution is 2.34. The summed E-state index contributed by atoms with van der Waals surface area (Å²) in [6.45, 7) is 2.40. The number of nitrogens with zero attached hydrogens (tertiary/aromatic N) is 3. The van der Waals surface area contributed by atoms with Gasteiger partial charge in [0.15, 0.2) is 5.01 Å². The predicted molar refractivity (Wildman–Crippen MR) is 81.8 cm³/mol. The number of carbonyl (C=O) groups excluding carboxylic acids is 1. The molecule has 0 atom stereocenters. The number of hydrogen-bond acceptors (Lipinski definition) is 6. The van der Waals surface area contributed by atoms with Gasteiger partial charge in [0.05, 0.1) is 25.8 Å². The maximum Gasteiger partial charge on any atom is 0.225 e. The molecule has 7 heteroatoms. The largest absolute Gasteiger partial charge is 0.496 e. The summed E-state index contributed by atoms with van der Waals surface area (Å²) in [4.78, 5) is 13.3. The Kier molecular flexibility index (Phi) is 5.24. The van der Waals surface area contributed by atoms with E-state index in [0.717, 1.165) is 11.3 Å². The molecule has 0 aliphatic carbocycles. The Morgan fingerprint density at radius 2 is 2.05 bits per heavy atom. The van der Waals surface area contributed by atoms with Crippen molar-refractivity contribution in [3.63, 3.8) is 0 Å². The third-order valence-electron chi connectivity index (χ3n) is 2.88. The highest BCUT2D eigenvalue weighted by molar-refractivity contribution is 7.18. The number of ether oxygens (including phenoxy) is 2. The van der Waals surface area contributed by atoms with Crippen LogP contribution in [-0.4, -0.2) is 43.5 Å². The zero-order valence-electron chi connectivity index (χ0n) is 12.2. The fourth-order valence-electron chi connectivity index (χ4n) is 1.83. The van der Waals surface area contributed by atoms with Gasteiger partial charge in [0.25, 0.3) is 0 Å². The Bertz CT molecular complexity index is 615. The molecule has 21 heavy (non-hydrogen) atoms. The van der Waals surface area contributed by atoms with Crippen molar-refractivity contribution >= 4 is 22.4 Å². The summed E-state index contributed by atoms with van der Waals surface area (Å²) in [7, 11) is 3.21. The minimum Gasteiger partial charge on any atom is -0.496 e. The predicted octanol–water partition coefficient (Wildman–Crippen LogP) is 2.21. The van der Waals surface area contributed by atoms with Gasteiger partial charge in [-0.2, -0.15) is 0 Å². The van der Waals surface area contributed by atoms with E-state index in [-0.39, 0.29) is 5.91 Å². The van der Waals surface area contributed by atoms with Crippen molar-refractivity contribution < 1.29 is 14.3 Å². The molecule has 0 spiro atoms. The van der Waals surface area contributed by atoms with Crippen LogP contribution in [0.1, 0.15) is 6.92 Å². The molecule has 6 nitrogen and oxygen atoms in total. The summed E-state index contributed by atoms with van der Waals surface area (Å²) in [5, 5.41) is 9.54. The summed E-state index contributed by atoms with van der Waals surface area (Å²) in [6, 6.07) is 7.58. The Morgan fingerprint density at radius 1 is 1.29 bits per heavy atom. The molecule has 2 rings (SSSR count). The fraction of sp³-hybridized carbons (Fsp3) is 0.357. The van der Waals surface area contributed by atoms with Gasteiger partial charge in [-0.3, -0.25) is 9.69 Å². The van der Waals surface area contributed by atoms with Gasteiger partial charge in [-0.1, -0.05) is 23.5 Å². The van der Waals surface area contributed by atoms with E-state index in [1.165, 1.54) is 18.3 Å². The van der Waals surface area contributed by atoms with Crippen molar-refractivity contribution in [2.45, 2.75) is 6.92 Å². The van der Waals surface area contributed by atoms with E-state index in [1.807, 2.05) is 24.3 Å². The molecule has 0 saturated carbocycles. The van der Waals surface area contributed by atoms with E-state index in [1.54, 1.807) is 19.1 Å². The third-order valence-corrected chi connectivity index (χ3v) is 3.86. The number of benzene rings is 1. The molecule has 1 aromatic carbocycles. The number of anilines is 1. The Balaban J connectivity index is 2.29. The lowest BCUT2D eigenvalue weighted by Gasteiger charge is -2.16. The zero-order valence-corrected chi connectivity index (χ0v) is 13.0. The molecule has 0 saturated heterocycles. The second-order valence-corrected chi connectivity index (χ2v) is 5.21. The van der Waals surface area contributed by atoms with E-state index >= 15 is 0 Å². The summed E-state index contributed by atoms with van der Waals surface area (Å²) in [5.41, 5.74) is 0.860. The topological polar surface area (TPSA) is 64.5 Å². The van der Waals surface area contributed by atoms with Crippen LogP contribution in [-0.2, 0) is 9.53 Å². The van der Waals surface area contributed by atoms with Crippen molar-refractivity contribution in [3.05, 3.63) is 24.3 Å². The average Bonchev–Trinajstić information content (AvgIpc) is 2.96. The molecule has 1 aromatic heterocycles. The highest BCUT2D eigenvalue weighted by Gasteiger charge is 2.18. The van der Waals surface area contributed by atoms with Crippen LogP contribution in [0, 0.1) is 0 Å². The van der Waals surface area contributed by atoms with Crippen molar-refractivity contribution in [3.8, 4) is 16.3 Å². The maximum atomic E-state index is 11.7.